The summed E-state index contributed by atoms with van der Waals surface area (Å²) < 4.78 is 48.4. The molecule has 0 spiro atoms. The fourth-order valence-corrected chi connectivity index (χ4v) is 2.19. The molecule has 0 N–H and O–H groups in total. The maximum Gasteiger partial charge on any atom is 0.406 e. The number of carbonyl (C=O) groups excluding carboxylic acids is 1. The molecule has 1 amide bonds. The van der Waals surface area contributed by atoms with Crippen molar-refractivity contribution >= 4 is 21.8 Å². The van der Waals surface area contributed by atoms with E-state index in [2.05, 4.69) is 15.9 Å². The van der Waals surface area contributed by atoms with Crippen molar-refractivity contribution in [3.63, 3.8) is 0 Å². The van der Waals surface area contributed by atoms with Gasteiger partial charge in [-0.15, -0.1) is 0 Å². The second-order valence-corrected chi connectivity index (χ2v) is 5.70. The van der Waals surface area contributed by atoms with Crippen molar-refractivity contribution in [2.24, 2.45) is 0 Å². The Morgan fingerprint density at radius 2 is 2.04 bits per heavy atom. The third kappa shape index (κ3) is 5.31. The lowest BCUT2D eigenvalue weighted by atomic mass is 10.3. The molecule has 23 heavy (non-hydrogen) atoms. The molecule has 0 aliphatic rings. The summed E-state index contributed by atoms with van der Waals surface area (Å²) in [5, 5.41) is 0. The van der Waals surface area contributed by atoms with Gasteiger partial charge in [0.25, 0.3) is 5.91 Å². The zero-order valence-corrected chi connectivity index (χ0v) is 13.6. The minimum Gasteiger partial charge on any atom is -0.486 e. The maximum atomic E-state index is 12.3. The standard InChI is InChI=1S/C15H13BrF3NO3/c1-20(9-15(17,18)19)14(21)13-6-5-12(23-13)8-22-11-4-2-3-10(16)7-11/h2-7H,8-9H2,1H3. The largest absolute Gasteiger partial charge is 0.486 e. The summed E-state index contributed by atoms with van der Waals surface area (Å²) in [7, 11) is 1.07. The Kier molecular flexibility index (Phi) is 5.35. The van der Waals surface area contributed by atoms with Gasteiger partial charge in [0.1, 0.15) is 24.7 Å². The van der Waals surface area contributed by atoms with E-state index in [1.165, 1.54) is 12.1 Å². The molecule has 0 aliphatic heterocycles. The van der Waals surface area contributed by atoms with Crippen LogP contribution in [0.5, 0.6) is 5.75 Å². The molecular weight excluding hydrogens is 379 g/mol. The lowest BCUT2D eigenvalue weighted by molar-refractivity contribution is -0.138. The van der Waals surface area contributed by atoms with Gasteiger partial charge in [-0.1, -0.05) is 22.0 Å². The predicted octanol–water partition coefficient (Wildman–Crippen LogP) is 4.26. The van der Waals surface area contributed by atoms with E-state index in [1.54, 1.807) is 18.2 Å². The van der Waals surface area contributed by atoms with Crippen LogP contribution < -0.4 is 4.74 Å². The third-order valence-corrected chi connectivity index (χ3v) is 3.31. The molecule has 0 unspecified atom stereocenters. The van der Waals surface area contributed by atoms with E-state index >= 15 is 0 Å². The number of furan rings is 1. The molecule has 4 nitrogen and oxygen atoms in total. The number of alkyl halides is 3. The van der Waals surface area contributed by atoms with Crippen molar-refractivity contribution in [3.05, 3.63) is 52.4 Å². The molecule has 0 saturated carbocycles. The molecule has 0 radical (unpaired) electrons. The maximum absolute atomic E-state index is 12.3. The van der Waals surface area contributed by atoms with Crippen LogP contribution in [-0.4, -0.2) is 30.6 Å². The van der Waals surface area contributed by atoms with E-state index in [4.69, 9.17) is 9.15 Å². The minimum absolute atomic E-state index is 0.0622. The second kappa shape index (κ2) is 7.08. The Morgan fingerprint density at radius 1 is 1.30 bits per heavy atom. The first-order chi connectivity index (χ1) is 10.7. The Bertz CT molecular complexity index is 685. The van der Waals surface area contributed by atoms with E-state index in [9.17, 15) is 18.0 Å². The summed E-state index contributed by atoms with van der Waals surface area (Å²) in [6, 6.07) is 9.96. The fraction of sp³-hybridized carbons (Fsp3) is 0.267. The van der Waals surface area contributed by atoms with Gasteiger partial charge in [-0.25, -0.2) is 0 Å². The number of halogens is 4. The Labute approximate surface area is 139 Å². The number of hydrogen-bond donors (Lipinski definition) is 0. The van der Waals surface area contributed by atoms with Gasteiger partial charge in [-0.3, -0.25) is 4.79 Å². The van der Waals surface area contributed by atoms with Crippen molar-refractivity contribution in [2.45, 2.75) is 12.8 Å². The van der Waals surface area contributed by atoms with Crippen LogP contribution in [0.15, 0.2) is 45.3 Å². The number of nitrogens with zero attached hydrogens (tertiary/aromatic N) is 1. The first-order valence-corrected chi connectivity index (χ1v) is 7.33. The summed E-state index contributed by atoms with van der Waals surface area (Å²) in [6.07, 6.45) is -4.45. The predicted molar refractivity (Wildman–Crippen MR) is 80.2 cm³/mol. The van der Waals surface area contributed by atoms with E-state index in [0.29, 0.717) is 16.4 Å². The summed E-state index contributed by atoms with van der Waals surface area (Å²) in [5.74, 6) is -0.0628. The van der Waals surface area contributed by atoms with Gasteiger partial charge in [0.2, 0.25) is 0 Å². The average Bonchev–Trinajstić information content (AvgIpc) is 2.91. The topological polar surface area (TPSA) is 42.7 Å². The molecule has 124 valence electrons. The highest BCUT2D eigenvalue weighted by Gasteiger charge is 2.32. The molecule has 0 saturated heterocycles. The average molecular weight is 392 g/mol. The molecule has 1 aromatic heterocycles. The Hall–Kier alpha value is -1.96. The van der Waals surface area contributed by atoms with Gasteiger partial charge >= 0.3 is 6.18 Å². The summed E-state index contributed by atoms with van der Waals surface area (Å²) in [4.78, 5) is 12.4. The van der Waals surface area contributed by atoms with Gasteiger partial charge in [0, 0.05) is 11.5 Å². The van der Waals surface area contributed by atoms with Gasteiger partial charge in [-0.2, -0.15) is 13.2 Å². The first kappa shape index (κ1) is 17.4. The molecule has 0 aliphatic carbocycles. The summed E-state index contributed by atoms with van der Waals surface area (Å²) >= 11 is 3.31. The molecular formula is C15H13BrF3NO3. The lowest BCUT2D eigenvalue weighted by Gasteiger charge is -2.17. The Balaban J connectivity index is 1.96. The van der Waals surface area contributed by atoms with Crippen LogP contribution in [0.3, 0.4) is 0 Å². The number of ether oxygens (including phenoxy) is 1. The van der Waals surface area contributed by atoms with E-state index in [0.717, 1.165) is 11.5 Å². The second-order valence-electron chi connectivity index (χ2n) is 4.79. The van der Waals surface area contributed by atoms with Crippen LogP contribution >= 0.6 is 15.9 Å². The van der Waals surface area contributed by atoms with E-state index in [1.807, 2.05) is 6.07 Å². The van der Waals surface area contributed by atoms with Crippen molar-refractivity contribution in [1.29, 1.82) is 0 Å². The number of benzene rings is 1. The highest BCUT2D eigenvalue weighted by molar-refractivity contribution is 9.10. The highest BCUT2D eigenvalue weighted by atomic mass is 79.9. The molecule has 8 heteroatoms. The van der Waals surface area contributed by atoms with Crippen LogP contribution in [0, 0.1) is 0 Å². The van der Waals surface area contributed by atoms with Crippen LogP contribution in [0.1, 0.15) is 16.3 Å². The molecule has 0 bridgehead atoms. The SMILES string of the molecule is CN(CC(F)(F)F)C(=O)c1ccc(COc2cccc(Br)c2)o1. The quantitative estimate of drug-likeness (QED) is 0.764. The van der Waals surface area contributed by atoms with E-state index in [-0.39, 0.29) is 12.4 Å². The van der Waals surface area contributed by atoms with Crippen molar-refractivity contribution < 1.29 is 27.1 Å². The molecule has 0 atom stereocenters. The van der Waals surface area contributed by atoms with Crippen LogP contribution in [0.2, 0.25) is 0 Å². The van der Waals surface area contributed by atoms with Gasteiger partial charge in [-0.05, 0) is 30.3 Å². The van der Waals surface area contributed by atoms with E-state index < -0.39 is 18.6 Å². The van der Waals surface area contributed by atoms with Crippen molar-refractivity contribution in [2.75, 3.05) is 13.6 Å². The summed E-state index contributed by atoms with van der Waals surface area (Å²) in [6.45, 7) is -1.27. The summed E-state index contributed by atoms with van der Waals surface area (Å²) in [5.41, 5.74) is 0. The highest BCUT2D eigenvalue weighted by Crippen LogP contribution is 2.20. The molecule has 2 aromatic rings. The molecule has 1 aromatic carbocycles. The van der Waals surface area contributed by atoms with Crippen LogP contribution in [-0.2, 0) is 6.61 Å². The number of hydrogen-bond acceptors (Lipinski definition) is 3. The minimum atomic E-state index is -4.45. The number of carbonyl (C=O) groups is 1. The normalized spacial score (nSPS) is 11.3. The molecule has 1 heterocycles. The van der Waals surface area contributed by atoms with Gasteiger partial charge < -0.3 is 14.1 Å². The zero-order valence-electron chi connectivity index (χ0n) is 12.1. The number of amides is 1. The fourth-order valence-electron chi connectivity index (χ4n) is 1.81. The van der Waals surface area contributed by atoms with Crippen molar-refractivity contribution in [1.82, 2.24) is 4.90 Å². The monoisotopic (exact) mass is 391 g/mol. The van der Waals surface area contributed by atoms with Gasteiger partial charge in [0.05, 0.1) is 0 Å². The first-order valence-electron chi connectivity index (χ1n) is 6.54. The van der Waals surface area contributed by atoms with Gasteiger partial charge in [0.15, 0.2) is 5.76 Å². The Morgan fingerprint density at radius 3 is 2.70 bits per heavy atom. The van der Waals surface area contributed by atoms with Crippen LogP contribution in [0.25, 0.3) is 0 Å². The van der Waals surface area contributed by atoms with Crippen molar-refractivity contribution in [3.8, 4) is 5.75 Å². The smallest absolute Gasteiger partial charge is 0.406 e. The molecule has 0 fully saturated rings. The molecule has 2 rings (SSSR count). The number of rotatable bonds is 5. The lowest BCUT2D eigenvalue weighted by Crippen LogP contribution is -2.35. The van der Waals surface area contributed by atoms with Crippen LogP contribution in [0.4, 0.5) is 13.2 Å². The zero-order chi connectivity index (χ0) is 17.0. The third-order valence-electron chi connectivity index (χ3n) is 2.81.